The fourth-order valence-electron chi connectivity index (χ4n) is 2.06. The Labute approximate surface area is 138 Å². The largest absolute Gasteiger partial charge is 0.469 e. The van der Waals surface area contributed by atoms with E-state index in [-0.39, 0.29) is 0 Å². The average Bonchev–Trinajstić information content (AvgIpc) is 3.06. The summed E-state index contributed by atoms with van der Waals surface area (Å²) in [5.41, 5.74) is 1.08. The highest BCUT2D eigenvalue weighted by Gasteiger charge is 2.02. The first-order valence-corrected chi connectivity index (χ1v) is 8.18. The van der Waals surface area contributed by atoms with Crippen molar-refractivity contribution >= 4 is 5.96 Å². The fourth-order valence-corrected chi connectivity index (χ4v) is 2.06. The lowest BCUT2D eigenvalue weighted by Gasteiger charge is -2.13. The number of pyridine rings is 1. The Balaban J connectivity index is 1.77. The van der Waals surface area contributed by atoms with Crippen LogP contribution in [0.2, 0.25) is 0 Å². The van der Waals surface area contributed by atoms with Crippen LogP contribution >= 0.6 is 0 Å². The van der Waals surface area contributed by atoms with Crippen molar-refractivity contribution < 1.29 is 4.42 Å². The second-order valence-corrected chi connectivity index (χ2v) is 5.84. The van der Waals surface area contributed by atoms with E-state index in [1.54, 1.807) is 6.26 Å². The number of nitrogens with zero attached hydrogens (tertiary/aromatic N) is 2. The summed E-state index contributed by atoms with van der Waals surface area (Å²) in [7, 11) is 0. The maximum atomic E-state index is 5.34. The number of hydrogen-bond acceptors (Lipinski definition) is 3. The third-order valence-corrected chi connectivity index (χ3v) is 3.26. The quantitative estimate of drug-likeness (QED) is 0.581. The first-order valence-electron chi connectivity index (χ1n) is 8.18. The normalized spacial score (nSPS) is 11.7. The third-order valence-electron chi connectivity index (χ3n) is 3.26. The van der Waals surface area contributed by atoms with Crippen LogP contribution in [0.5, 0.6) is 0 Å². The Morgan fingerprint density at radius 3 is 2.61 bits per heavy atom. The lowest BCUT2D eigenvalue weighted by Crippen LogP contribution is -2.39. The van der Waals surface area contributed by atoms with Crippen LogP contribution in [0, 0.1) is 5.92 Å². The molecular weight excluding hydrogens is 288 g/mol. The molecule has 5 heteroatoms. The summed E-state index contributed by atoms with van der Waals surface area (Å²) in [6.07, 6.45) is 5.25. The van der Waals surface area contributed by atoms with E-state index in [1.165, 1.54) is 0 Å². The van der Waals surface area contributed by atoms with Crippen molar-refractivity contribution in [1.82, 2.24) is 15.6 Å². The van der Waals surface area contributed by atoms with Crippen molar-refractivity contribution in [3.8, 4) is 0 Å². The molecule has 0 atom stereocenters. The van der Waals surface area contributed by atoms with Gasteiger partial charge in [-0.05, 0) is 30.2 Å². The van der Waals surface area contributed by atoms with E-state index in [9.17, 15) is 0 Å². The van der Waals surface area contributed by atoms with Gasteiger partial charge in [-0.25, -0.2) is 0 Å². The van der Waals surface area contributed by atoms with E-state index < -0.39 is 0 Å². The topological polar surface area (TPSA) is 62.5 Å². The number of aliphatic imine (C=N–C) groups is 1. The highest BCUT2D eigenvalue weighted by atomic mass is 16.3. The molecule has 0 bridgehead atoms. The van der Waals surface area contributed by atoms with Gasteiger partial charge in [0.1, 0.15) is 5.76 Å². The second-order valence-electron chi connectivity index (χ2n) is 5.84. The lowest BCUT2D eigenvalue weighted by molar-refractivity contribution is 0.506. The Bertz CT molecular complexity index is 564. The minimum absolute atomic E-state index is 0.537. The van der Waals surface area contributed by atoms with Crippen molar-refractivity contribution in [3.63, 3.8) is 0 Å². The summed E-state index contributed by atoms with van der Waals surface area (Å²) < 4.78 is 5.34. The van der Waals surface area contributed by atoms with Crippen LogP contribution in [0.25, 0.3) is 0 Å². The van der Waals surface area contributed by atoms with Crippen LogP contribution in [-0.2, 0) is 12.8 Å². The maximum absolute atomic E-state index is 5.34. The fraction of sp³-hybridized carbons (Fsp3) is 0.444. The minimum Gasteiger partial charge on any atom is -0.469 e. The number of rotatable bonds is 8. The van der Waals surface area contributed by atoms with Crippen LogP contribution in [-0.4, -0.2) is 30.6 Å². The van der Waals surface area contributed by atoms with Crippen molar-refractivity contribution in [1.29, 1.82) is 0 Å². The predicted octanol–water partition coefficient (Wildman–Crippen LogP) is 2.65. The average molecular weight is 314 g/mol. The van der Waals surface area contributed by atoms with Gasteiger partial charge < -0.3 is 15.1 Å². The van der Waals surface area contributed by atoms with Crippen molar-refractivity contribution in [3.05, 3.63) is 54.2 Å². The smallest absolute Gasteiger partial charge is 0.191 e. The Kier molecular flexibility index (Phi) is 7.17. The summed E-state index contributed by atoms with van der Waals surface area (Å²) >= 11 is 0. The summed E-state index contributed by atoms with van der Waals surface area (Å²) in [6.45, 7) is 6.73. The van der Waals surface area contributed by atoms with Gasteiger partial charge in [0.15, 0.2) is 5.96 Å². The predicted molar refractivity (Wildman–Crippen MR) is 93.5 cm³/mol. The van der Waals surface area contributed by atoms with E-state index in [4.69, 9.17) is 4.42 Å². The molecule has 124 valence electrons. The highest BCUT2D eigenvalue weighted by molar-refractivity contribution is 5.79. The minimum atomic E-state index is 0.537. The zero-order chi connectivity index (χ0) is 16.3. The van der Waals surface area contributed by atoms with Gasteiger partial charge in [0, 0.05) is 44.4 Å². The Hall–Kier alpha value is -2.30. The zero-order valence-electron chi connectivity index (χ0n) is 14.0. The Morgan fingerprint density at radius 1 is 1.13 bits per heavy atom. The summed E-state index contributed by atoms with van der Waals surface area (Å²) in [5.74, 6) is 2.37. The van der Waals surface area contributed by atoms with Gasteiger partial charge in [-0.1, -0.05) is 19.9 Å². The van der Waals surface area contributed by atoms with Crippen molar-refractivity contribution in [2.75, 3.05) is 19.6 Å². The molecule has 0 radical (unpaired) electrons. The molecule has 0 fully saturated rings. The van der Waals surface area contributed by atoms with Gasteiger partial charge in [0.05, 0.1) is 6.26 Å². The van der Waals surface area contributed by atoms with Crippen LogP contribution in [0.4, 0.5) is 0 Å². The molecule has 2 heterocycles. The van der Waals surface area contributed by atoms with E-state index in [0.29, 0.717) is 5.92 Å². The molecule has 23 heavy (non-hydrogen) atoms. The van der Waals surface area contributed by atoms with E-state index in [2.05, 4.69) is 34.5 Å². The van der Waals surface area contributed by atoms with Gasteiger partial charge in [0.25, 0.3) is 0 Å². The van der Waals surface area contributed by atoms with E-state index in [1.807, 2.05) is 36.5 Å². The molecule has 2 rings (SSSR count). The SMILES string of the molecule is CC(C)CN=C(NCCc1ccccn1)NCCc1ccco1. The molecule has 0 amide bonds. The number of hydrogen-bond donors (Lipinski definition) is 2. The van der Waals surface area contributed by atoms with Gasteiger partial charge in [0.2, 0.25) is 0 Å². The second kappa shape index (κ2) is 9.66. The Morgan fingerprint density at radius 2 is 1.96 bits per heavy atom. The molecule has 2 N–H and O–H groups in total. The van der Waals surface area contributed by atoms with Crippen LogP contribution in [0.3, 0.4) is 0 Å². The van der Waals surface area contributed by atoms with E-state index in [0.717, 1.165) is 49.9 Å². The molecule has 0 spiro atoms. The first-order chi connectivity index (χ1) is 11.2. The van der Waals surface area contributed by atoms with Gasteiger partial charge in [-0.2, -0.15) is 0 Å². The monoisotopic (exact) mass is 314 g/mol. The zero-order valence-corrected chi connectivity index (χ0v) is 14.0. The van der Waals surface area contributed by atoms with Crippen LogP contribution in [0.15, 0.2) is 52.2 Å². The molecule has 0 aliphatic heterocycles. The molecule has 0 aliphatic carbocycles. The van der Waals surface area contributed by atoms with Crippen molar-refractivity contribution in [2.45, 2.75) is 26.7 Å². The van der Waals surface area contributed by atoms with Gasteiger partial charge >= 0.3 is 0 Å². The summed E-state index contributed by atoms with van der Waals surface area (Å²) in [6, 6.07) is 9.88. The molecule has 5 nitrogen and oxygen atoms in total. The molecule has 2 aromatic heterocycles. The highest BCUT2D eigenvalue weighted by Crippen LogP contribution is 1.99. The molecule has 0 saturated carbocycles. The van der Waals surface area contributed by atoms with Gasteiger partial charge in [-0.3, -0.25) is 9.98 Å². The maximum Gasteiger partial charge on any atom is 0.191 e. The third kappa shape index (κ3) is 7.00. The van der Waals surface area contributed by atoms with Crippen LogP contribution < -0.4 is 10.6 Å². The lowest BCUT2D eigenvalue weighted by atomic mass is 10.2. The molecule has 0 unspecified atom stereocenters. The molecule has 0 aliphatic rings. The van der Waals surface area contributed by atoms with Crippen molar-refractivity contribution in [2.24, 2.45) is 10.9 Å². The number of furan rings is 1. The summed E-state index contributed by atoms with van der Waals surface area (Å²) in [4.78, 5) is 8.95. The number of aromatic nitrogens is 1. The first kappa shape index (κ1) is 17.1. The summed E-state index contributed by atoms with van der Waals surface area (Å²) in [5, 5.41) is 6.73. The number of guanidine groups is 1. The molecular formula is C18H26N4O. The molecule has 2 aromatic rings. The van der Waals surface area contributed by atoms with Gasteiger partial charge in [-0.15, -0.1) is 0 Å². The molecule has 0 saturated heterocycles. The van der Waals surface area contributed by atoms with E-state index >= 15 is 0 Å². The molecule has 0 aromatic carbocycles. The van der Waals surface area contributed by atoms with Crippen LogP contribution in [0.1, 0.15) is 25.3 Å². The standard InChI is InChI=1S/C18H26N4O/c1-15(2)14-22-18(21-12-9-17-7-5-13-23-17)20-11-8-16-6-3-4-10-19-16/h3-7,10,13,15H,8-9,11-12,14H2,1-2H3,(H2,20,21,22). The number of nitrogens with one attached hydrogen (secondary N) is 2.